The number of hydrogen-bond acceptors (Lipinski definition) is 5. The number of halogens is 1. The molecule has 0 unspecified atom stereocenters. The van der Waals surface area contributed by atoms with Crippen molar-refractivity contribution in [2.75, 3.05) is 13.4 Å². The van der Waals surface area contributed by atoms with Gasteiger partial charge in [-0.3, -0.25) is 0 Å². The highest BCUT2D eigenvalue weighted by Gasteiger charge is 2.18. The number of methoxy groups -OCH3 is 1. The van der Waals surface area contributed by atoms with Crippen LogP contribution >= 0.6 is 0 Å². The lowest BCUT2D eigenvalue weighted by atomic mass is 10.1. The fourth-order valence-corrected chi connectivity index (χ4v) is 3.17. The van der Waals surface area contributed by atoms with Crippen molar-refractivity contribution in [1.82, 2.24) is 9.78 Å². The minimum absolute atomic E-state index is 0.0155. The van der Waals surface area contributed by atoms with Crippen LogP contribution in [0.1, 0.15) is 10.5 Å². The molecule has 0 saturated heterocycles. The monoisotopic (exact) mass is 390 g/mol. The molecule has 0 saturated carbocycles. The van der Waals surface area contributed by atoms with Crippen LogP contribution in [0.25, 0.3) is 16.9 Å². The number of sulfone groups is 1. The Kier molecular flexibility index (Phi) is 4.71. The number of carbonyl (C=O) groups is 1. The van der Waals surface area contributed by atoms with Crippen LogP contribution in [0.4, 0.5) is 4.39 Å². The number of hydrogen-bond donors (Lipinski definition) is 1. The lowest BCUT2D eigenvalue weighted by molar-refractivity contribution is 0.0690. The highest BCUT2D eigenvalue weighted by Crippen LogP contribution is 2.28. The highest BCUT2D eigenvalue weighted by molar-refractivity contribution is 7.90. The Bertz CT molecular complexity index is 1120. The molecule has 3 aromatic rings. The van der Waals surface area contributed by atoms with E-state index in [1.54, 1.807) is 12.1 Å². The molecule has 0 atom stereocenters. The smallest absolute Gasteiger partial charge is 0.356 e. The summed E-state index contributed by atoms with van der Waals surface area (Å²) >= 11 is 0. The van der Waals surface area contributed by atoms with E-state index in [1.807, 2.05) is 0 Å². The second-order valence-corrected chi connectivity index (χ2v) is 7.76. The number of nitrogens with zero attached hydrogens (tertiary/aromatic N) is 2. The number of carboxylic acids is 1. The van der Waals surface area contributed by atoms with Crippen LogP contribution in [-0.2, 0) is 9.84 Å². The second kappa shape index (κ2) is 6.84. The van der Waals surface area contributed by atoms with Crippen molar-refractivity contribution in [1.29, 1.82) is 0 Å². The van der Waals surface area contributed by atoms with E-state index in [1.165, 1.54) is 48.2 Å². The zero-order chi connectivity index (χ0) is 19.8. The molecule has 0 aliphatic rings. The third kappa shape index (κ3) is 3.68. The summed E-state index contributed by atoms with van der Waals surface area (Å²) in [5.74, 6) is -1.80. The summed E-state index contributed by atoms with van der Waals surface area (Å²) in [4.78, 5) is 11.5. The number of ether oxygens (including phenoxy) is 1. The van der Waals surface area contributed by atoms with E-state index in [0.717, 1.165) is 6.26 Å². The van der Waals surface area contributed by atoms with Crippen molar-refractivity contribution in [3.63, 3.8) is 0 Å². The van der Waals surface area contributed by atoms with Crippen molar-refractivity contribution in [2.45, 2.75) is 4.90 Å². The lowest BCUT2D eigenvalue weighted by Gasteiger charge is -2.10. The average molecular weight is 390 g/mol. The van der Waals surface area contributed by atoms with Crippen molar-refractivity contribution in [3.05, 3.63) is 60.0 Å². The van der Waals surface area contributed by atoms with E-state index in [-0.39, 0.29) is 16.3 Å². The van der Waals surface area contributed by atoms with Gasteiger partial charge >= 0.3 is 5.97 Å². The molecule has 27 heavy (non-hydrogen) atoms. The van der Waals surface area contributed by atoms with Crippen LogP contribution in [0, 0.1) is 5.82 Å². The van der Waals surface area contributed by atoms with Gasteiger partial charge in [0.25, 0.3) is 0 Å². The maximum atomic E-state index is 13.7. The van der Waals surface area contributed by atoms with Gasteiger partial charge in [-0.15, -0.1) is 0 Å². The van der Waals surface area contributed by atoms with Crippen LogP contribution < -0.4 is 4.74 Å². The standard InChI is InChI=1S/C18H15FN2O5S/c1-26-17-9-12(5-8-14(17)19)21-16(10-15(20-21)18(22)23)11-3-6-13(7-4-11)27(2,24)25/h3-10H,1-2H3,(H,22,23). The number of rotatable bonds is 5. The molecule has 1 aromatic heterocycles. The van der Waals surface area contributed by atoms with Gasteiger partial charge in [-0.25, -0.2) is 22.3 Å². The predicted octanol–water partition coefficient (Wildman–Crippen LogP) is 2.79. The molecule has 0 aliphatic heterocycles. The Hall–Kier alpha value is -3.20. The summed E-state index contributed by atoms with van der Waals surface area (Å²) in [5.41, 5.74) is 1.13. The third-order valence-corrected chi connectivity index (χ3v) is 5.01. The highest BCUT2D eigenvalue weighted by atomic mass is 32.2. The predicted molar refractivity (Wildman–Crippen MR) is 95.6 cm³/mol. The van der Waals surface area contributed by atoms with Gasteiger partial charge in [0, 0.05) is 17.9 Å². The lowest BCUT2D eigenvalue weighted by Crippen LogP contribution is -2.03. The molecule has 1 heterocycles. The van der Waals surface area contributed by atoms with Crippen molar-refractivity contribution in [2.24, 2.45) is 0 Å². The van der Waals surface area contributed by atoms with Gasteiger partial charge in [-0.2, -0.15) is 5.10 Å². The minimum Gasteiger partial charge on any atom is -0.494 e. The van der Waals surface area contributed by atoms with Gasteiger partial charge in [-0.05, 0) is 30.3 Å². The maximum absolute atomic E-state index is 13.7. The van der Waals surface area contributed by atoms with Crippen molar-refractivity contribution < 1.29 is 27.4 Å². The van der Waals surface area contributed by atoms with E-state index in [2.05, 4.69) is 5.10 Å². The van der Waals surface area contributed by atoms with Gasteiger partial charge in [0.2, 0.25) is 0 Å². The van der Waals surface area contributed by atoms with Crippen molar-refractivity contribution >= 4 is 15.8 Å². The molecule has 7 nitrogen and oxygen atoms in total. The van der Waals surface area contributed by atoms with E-state index in [0.29, 0.717) is 16.9 Å². The fraction of sp³-hybridized carbons (Fsp3) is 0.111. The molecule has 0 spiro atoms. The summed E-state index contributed by atoms with van der Waals surface area (Å²) < 4.78 is 43.2. The largest absolute Gasteiger partial charge is 0.494 e. The van der Waals surface area contributed by atoms with Crippen LogP contribution in [0.5, 0.6) is 5.75 Å². The van der Waals surface area contributed by atoms with E-state index < -0.39 is 21.6 Å². The molecule has 2 aromatic carbocycles. The van der Waals surface area contributed by atoms with Gasteiger partial charge < -0.3 is 9.84 Å². The fourth-order valence-electron chi connectivity index (χ4n) is 2.54. The topological polar surface area (TPSA) is 98.5 Å². The number of benzene rings is 2. The van der Waals surface area contributed by atoms with Gasteiger partial charge in [-0.1, -0.05) is 12.1 Å². The maximum Gasteiger partial charge on any atom is 0.356 e. The number of carboxylic acid groups (broad SMARTS) is 1. The number of aromatic nitrogens is 2. The molecule has 140 valence electrons. The SMILES string of the molecule is COc1cc(-n2nc(C(=O)O)cc2-c2ccc(S(C)(=O)=O)cc2)ccc1F. The first-order valence-corrected chi connectivity index (χ1v) is 9.57. The summed E-state index contributed by atoms with van der Waals surface area (Å²) in [6.07, 6.45) is 1.10. The van der Waals surface area contributed by atoms with Gasteiger partial charge in [0.05, 0.1) is 23.4 Å². The molecular weight excluding hydrogens is 375 g/mol. The Morgan fingerprint density at radius 1 is 1.15 bits per heavy atom. The molecule has 9 heteroatoms. The van der Waals surface area contributed by atoms with E-state index in [9.17, 15) is 22.7 Å². The summed E-state index contributed by atoms with van der Waals surface area (Å²) in [7, 11) is -2.04. The third-order valence-electron chi connectivity index (χ3n) is 3.89. The molecule has 0 aliphatic carbocycles. The van der Waals surface area contributed by atoms with E-state index in [4.69, 9.17) is 4.74 Å². The Labute approximate surface area is 154 Å². The Morgan fingerprint density at radius 2 is 1.81 bits per heavy atom. The normalized spacial score (nSPS) is 11.4. The van der Waals surface area contributed by atoms with E-state index >= 15 is 0 Å². The molecule has 0 amide bonds. The quantitative estimate of drug-likeness (QED) is 0.719. The minimum atomic E-state index is -3.36. The Balaban J connectivity index is 2.17. The molecule has 1 N–H and O–H groups in total. The first kappa shape index (κ1) is 18.6. The van der Waals surface area contributed by atoms with Crippen LogP contribution in [-0.4, -0.2) is 42.6 Å². The first-order valence-electron chi connectivity index (χ1n) is 7.68. The molecule has 0 fully saturated rings. The Morgan fingerprint density at radius 3 is 2.37 bits per heavy atom. The average Bonchev–Trinajstić information content (AvgIpc) is 3.07. The second-order valence-electron chi connectivity index (χ2n) is 5.75. The summed E-state index contributed by atoms with van der Waals surface area (Å²) in [6.45, 7) is 0. The zero-order valence-electron chi connectivity index (χ0n) is 14.4. The van der Waals surface area contributed by atoms with Crippen molar-refractivity contribution in [3.8, 4) is 22.7 Å². The summed E-state index contributed by atoms with van der Waals surface area (Å²) in [5, 5.41) is 13.3. The molecule has 0 bridgehead atoms. The van der Waals surface area contributed by atoms with Gasteiger partial charge in [0.15, 0.2) is 27.1 Å². The molecular formula is C18H15FN2O5S. The summed E-state index contributed by atoms with van der Waals surface area (Å²) in [6, 6.07) is 11.3. The zero-order valence-corrected chi connectivity index (χ0v) is 15.2. The van der Waals surface area contributed by atoms with Gasteiger partial charge in [0.1, 0.15) is 0 Å². The van der Waals surface area contributed by atoms with Crippen LogP contribution in [0.15, 0.2) is 53.4 Å². The molecule has 0 radical (unpaired) electrons. The molecule has 3 rings (SSSR count). The first-order chi connectivity index (χ1) is 12.7. The van der Waals surface area contributed by atoms with Crippen LogP contribution in [0.2, 0.25) is 0 Å². The van der Waals surface area contributed by atoms with Crippen LogP contribution in [0.3, 0.4) is 0 Å². The number of aromatic carboxylic acids is 1.